The summed E-state index contributed by atoms with van der Waals surface area (Å²) in [6.07, 6.45) is 0.614. The number of nitrogens with zero attached hydrogens (tertiary/aromatic N) is 3. The number of carbonyl (C=O) groups is 1. The van der Waals surface area contributed by atoms with E-state index in [1.54, 1.807) is 23.1 Å². The van der Waals surface area contributed by atoms with Gasteiger partial charge in [-0.1, -0.05) is 19.1 Å². The van der Waals surface area contributed by atoms with Crippen LogP contribution in [0, 0.1) is 10.1 Å². The Balaban J connectivity index is 2.05. The van der Waals surface area contributed by atoms with Gasteiger partial charge in [0.15, 0.2) is 0 Å². The van der Waals surface area contributed by atoms with Crippen LogP contribution in [-0.2, 0) is 4.79 Å². The molecule has 0 unspecified atom stereocenters. The fraction of sp³-hybridized carbons (Fsp3) is 0.500. The number of anilines is 1. The number of carbonyl (C=O) groups excluding carboxylic acids is 1. The molecule has 21 heavy (non-hydrogen) atoms. The normalized spacial score (nSPS) is 16.7. The van der Waals surface area contributed by atoms with E-state index in [0.29, 0.717) is 38.3 Å². The van der Waals surface area contributed by atoms with E-state index in [1.165, 1.54) is 6.07 Å². The van der Waals surface area contributed by atoms with Gasteiger partial charge in [0, 0.05) is 32.2 Å². The molecule has 0 spiro atoms. The number of nitro groups is 1. The van der Waals surface area contributed by atoms with E-state index in [2.05, 4.69) is 0 Å². The van der Waals surface area contributed by atoms with Crippen molar-refractivity contribution < 1.29 is 9.72 Å². The van der Waals surface area contributed by atoms with Crippen molar-refractivity contribution in [3.63, 3.8) is 0 Å². The molecule has 2 rings (SSSR count). The van der Waals surface area contributed by atoms with E-state index in [9.17, 15) is 14.9 Å². The molecule has 1 saturated heterocycles. The molecule has 1 aromatic rings. The average molecular weight is 292 g/mol. The van der Waals surface area contributed by atoms with Gasteiger partial charge in [-0.15, -0.1) is 0 Å². The highest BCUT2D eigenvalue weighted by molar-refractivity contribution is 5.82. The number of nitrogens with two attached hydrogens (primary N) is 1. The van der Waals surface area contributed by atoms with Gasteiger partial charge in [-0.3, -0.25) is 14.9 Å². The summed E-state index contributed by atoms with van der Waals surface area (Å²) < 4.78 is 0. The molecule has 0 bridgehead atoms. The summed E-state index contributed by atoms with van der Waals surface area (Å²) in [5.41, 5.74) is 6.47. The van der Waals surface area contributed by atoms with Crippen LogP contribution < -0.4 is 10.6 Å². The number of benzene rings is 1. The highest BCUT2D eigenvalue weighted by Crippen LogP contribution is 2.28. The van der Waals surface area contributed by atoms with Gasteiger partial charge < -0.3 is 15.5 Å². The largest absolute Gasteiger partial charge is 0.362 e. The van der Waals surface area contributed by atoms with Crippen molar-refractivity contribution in [3.8, 4) is 0 Å². The third kappa shape index (κ3) is 3.30. The highest BCUT2D eigenvalue weighted by Gasteiger charge is 2.27. The van der Waals surface area contributed by atoms with Gasteiger partial charge in [0.25, 0.3) is 5.69 Å². The first-order valence-electron chi connectivity index (χ1n) is 7.07. The molecule has 7 nitrogen and oxygen atoms in total. The molecule has 1 aromatic carbocycles. The van der Waals surface area contributed by atoms with Gasteiger partial charge in [0.2, 0.25) is 5.91 Å². The lowest BCUT2D eigenvalue weighted by Crippen LogP contribution is -2.53. The van der Waals surface area contributed by atoms with Crippen molar-refractivity contribution in [2.45, 2.75) is 19.4 Å². The Kier molecular flexibility index (Phi) is 4.74. The number of rotatable bonds is 4. The number of amides is 1. The SMILES string of the molecule is CC[C@@H](N)C(=O)N1CCN(c2ccccc2[N+](=O)[O-])CC1. The van der Waals surface area contributed by atoms with Gasteiger partial charge >= 0.3 is 0 Å². The van der Waals surface area contributed by atoms with Crippen LogP contribution in [0.25, 0.3) is 0 Å². The predicted octanol–water partition coefficient (Wildman–Crippen LogP) is 0.981. The lowest BCUT2D eigenvalue weighted by molar-refractivity contribution is -0.384. The molecule has 1 amide bonds. The van der Waals surface area contributed by atoms with Crippen molar-refractivity contribution in [1.82, 2.24) is 4.90 Å². The van der Waals surface area contributed by atoms with Crippen LogP contribution in [0.3, 0.4) is 0 Å². The fourth-order valence-corrected chi connectivity index (χ4v) is 2.46. The topological polar surface area (TPSA) is 92.7 Å². The Labute approximate surface area is 123 Å². The minimum atomic E-state index is -0.456. The second-order valence-electron chi connectivity index (χ2n) is 5.07. The lowest BCUT2D eigenvalue weighted by atomic mass is 10.1. The first-order valence-corrected chi connectivity index (χ1v) is 7.07. The molecule has 1 aliphatic rings. The first kappa shape index (κ1) is 15.2. The molecule has 0 aromatic heterocycles. The molecule has 7 heteroatoms. The summed E-state index contributed by atoms with van der Waals surface area (Å²) in [5, 5.41) is 11.1. The maximum absolute atomic E-state index is 12.0. The molecular formula is C14H20N4O3. The van der Waals surface area contributed by atoms with Gasteiger partial charge in [0.05, 0.1) is 11.0 Å². The van der Waals surface area contributed by atoms with E-state index in [0.717, 1.165) is 0 Å². The second-order valence-corrected chi connectivity index (χ2v) is 5.07. The third-order valence-electron chi connectivity index (χ3n) is 3.77. The van der Waals surface area contributed by atoms with Crippen molar-refractivity contribution in [3.05, 3.63) is 34.4 Å². The molecule has 1 atom stereocenters. The standard InChI is InChI=1S/C14H20N4O3/c1-2-11(15)14(19)17-9-7-16(8-10-17)12-5-3-4-6-13(12)18(20)21/h3-6,11H,2,7-10,15H2,1H3/t11-/m1/s1. The summed E-state index contributed by atoms with van der Waals surface area (Å²) in [6, 6.07) is 6.23. The van der Waals surface area contributed by atoms with E-state index in [-0.39, 0.29) is 16.5 Å². The Morgan fingerprint density at radius 1 is 1.33 bits per heavy atom. The quantitative estimate of drug-likeness (QED) is 0.659. The van der Waals surface area contributed by atoms with Gasteiger partial charge in [-0.2, -0.15) is 0 Å². The molecule has 2 N–H and O–H groups in total. The van der Waals surface area contributed by atoms with Crippen LogP contribution in [-0.4, -0.2) is 48.0 Å². The number of hydrogen-bond donors (Lipinski definition) is 1. The molecular weight excluding hydrogens is 272 g/mol. The molecule has 114 valence electrons. The third-order valence-corrected chi connectivity index (χ3v) is 3.77. The summed E-state index contributed by atoms with van der Waals surface area (Å²) in [6.45, 7) is 4.11. The van der Waals surface area contributed by atoms with Crippen LogP contribution in [0.2, 0.25) is 0 Å². The van der Waals surface area contributed by atoms with Crippen molar-refractivity contribution >= 4 is 17.3 Å². The van der Waals surface area contributed by atoms with Crippen molar-refractivity contribution in [2.24, 2.45) is 5.73 Å². The smallest absolute Gasteiger partial charge is 0.292 e. The summed E-state index contributed by atoms with van der Waals surface area (Å²) in [7, 11) is 0. The van der Waals surface area contributed by atoms with Crippen LogP contribution in [0.1, 0.15) is 13.3 Å². The zero-order chi connectivity index (χ0) is 15.4. The summed E-state index contributed by atoms with van der Waals surface area (Å²) in [4.78, 5) is 26.4. The maximum Gasteiger partial charge on any atom is 0.292 e. The van der Waals surface area contributed by atoms with Crippen LogP contribution in [0.5, 0.6) is 0 Å². The molecule has 0 aliphatic carbocycles. The predicted molar refractivity (Wildman–Crippen MR) is 80.2 cm³/mol. The maximum atomic E-state index is 12.0. The minimum absolute atomic E-state index is 0.0419. The van der Waals surface area contributed by atoms with E-state index in [1.807, 2.05) is 11.8 Å². The fourth-order valence-electron chi connectivity index (χ4n) is 2.46. The van der Waals surface area contributed by atoms with Gasteiger partial charge in [-0.05, 0) is 12.5 Å². The molecule has 1 aliphatic heterocycles. The Morgan fingerprint density at radius 3 is 2.52 bits per heavy atom. The number of nitro benzene ring substituents is 1. The molecule has 0 saturated carbocycles. The summed E-state index contributed by atoms with van der Waals surface area (Å²) in [5.74, 6) is -0.0419. The zero-order valence-corrected chi connectivity index (χ0v) is 12.1. The Hall–Kier alpha value is -2.15. The van der Waals surface area contributed by atoms with Crippen LogP contribution in [0.4, 0.5) is 11.4 Å². The first-order chi connectivity index (χ1) is 10.0. The molecule has 1 heterocycles. The van der Waals surface area contributed by atoms with Crippen molar-refractivity contribution in [2.75, 3.05) is 31.1 Å². The summed E-state index contributed by atoms with van der Waals surface area (Å²) >= 11 is 0. The van der Waals surface area contributed by atoms with Crippen molar-refractivity contribution in [1.29, 1.82) is 0 Å². The highest BCUT2D eigenvalue weighted by atomic mass is 16.6. The molecule has 1 fully saturated rings. The van der Waals surface area contributed by atoms with Gasteiger partial charge in [0.1, 0.15) is 5.69 Å². The van der Waals surface area contributed by atoms with Crippen LogP contribution >= 0.6 is 0 Å². The Bertz CT molecular complexity index is 527. The Morgan fingerprint density at radius 2 is 1.95 bits per heavy atom. The van der Waals surface area contributed by atoms with E-state index in [4.69, 9.17) is 5.73 Å². The zero-order valence-electron chi connectivity index (χ0n) is 12.1. The lowest BCUT2D eigenvalue weighted by Gasteiger charge is -2.36. The van der Waals surface area contributed by atoms with E-state index < -0.39 is 6.04 Å². The number of piperazine rings is 1. The average Bonchev–Trinajstić information content (AvgIpc) is 2.53. The van der Waals surface area contributed by atoms with Gasteiger partial charge in [-0.25, -0.2) is 0 Å². The van der Waals surface area contributed by atoms with Crippen LogP contribution in [0.15, 0.2) is 24.3 Å². The second kappa shape index (κ2) is 6.53. The molecule has 0 radical (unpaired) electrons. The number of hydrogen-bond acceptors (Lipinski definition) is 5. The minimum Gasteiger partial charge on any atom is -0.362 e. The van der Waals surface area contributed by atoms with E-state index >= 15 is 0 Å². The number of para-hydroxylation sites is 2. The monoisotopic (exact) mass is 292 g/mol.